The van der Waals surface area contributed by atoms with Crippen molar-refractivity contribution >= 4 is 5.69 Å². The lowest BCUT2D eigenvalue weighted by Crippen LogP contribution is -2.39. The Hall–Kier alpha value is -1.02. The molecule has 0 amide bonds. The molecule has 2 heteroatoms. The van der Waals surface area contributed by atoms with E-state index in [1.54, 1.807) is 0 Å². The molecule has 0 aliphatic heterocycles. The summed E-state index contributed by atoms with van der Waals surface area (Å²) in [5.41, 5.74) is 14.1. The lowest BCUT2D eigenvalue weighted by Gasteiger charge is -2.33. The minimum atomic E-state index is -0.226. The first-order valence-electron chi connectivity index (χ1n) is 6.48. The summed E-state index contributed by atoms with van der Waals surface area (Å²) in [5, 5.41) is 0. The van der Waals surface area contributed by atoms with Gasteiger partial charge in [-0.1, -0.05) is 39.8 Å². The smallest absolute Gasteiger partial charge is 0.0414 e. The van der Waals surface area contributed by atoms with Crippen molar-refractivity contribution in [2.24, 2.45) is 17.6 Å². The lowest BCUT2D eigenvalue weighted by atomic mass is 9.77. The molecule has 17 heavy (non-hydrogen) atoms. The van der Waals surface area contributed by atoms with Crippen molar-refractivity contribution in [2.45, 2.75) is 46.1 Å². The van der Waals surface area contributed by atoms with Crippen molar-refractivity contribution in [1.29, 1.82) is 0 Å². The molecule has 0 unspecified atom stereocenters. The SMILES string of the molecule is CC(C)CC(N)(CC(C)C)c1ccc(N)cc1. The van der Waals surface area contributed by atoms with Gasteiger partial charge in [0.25, 0.3) is 0 Å². The van der Waals surface area contributed by atoms with Gasteiger partial charge in [0.05, 0.1) is 0 Å². The van der Waals surface area contributed by atoms with Crippen molar-refractivity contribution in [3.05, 3.63) is 29.8 Å². The Morgan fingerprint density at radius 1 is 0.941 bits per heavy atom. The molecular weight excluding hydrogens is 208 g/mol. The maximum absolute atomic E-state index is 6.63. The Labute approximate surface area is 105 Å². The lowest BCUT2D eigenvalue weighted by molar-refractivity contribution is 0.289. The molecule has 1 rings (SSSR count). The molecule has 0 saturated carbocycles. The standard InChI is InChI=1S/C15H26N2/c1-11(2)9-15(17,10-12(3)4)13-5-7-14(16)8-6-13/h5-8,11-12H,9-10,16-17H2,1-4H3. The summed E-state index contributed by atoms with van der Waals surface area (Å²) in [6, 6.07) is 8.02. The zero-order valence-electron chi connectivity index (χ0n) is 11.5. The van der Waals surface area contributed by atoms with Crippen LogP contribution >= 0.6 is 0 Å². The minimum Gasteiger partial charge on any atom is -0.399 e. The zero-order chi connectivity index (χ0) is 13.1. The quantitative estimate of drug-likeness (QED) is 0.766. The predicted octanol–water partition coefficient (Wildman–Crippen LogP) is 3.52. The topological polar surface area (TPSA) is 52.0 Å². The van der Waals surface area contributed by atoms with Crippen molar-refractivity contribution in [3.63, 3.8) is 0 Å². The Balaban J connectivity index is 3.00. The van der Waals surface area contributed by atoms with Gasteiger partial charge in [-0.25, -0.2) is 0 Å². The summed E-state index contributed by atoms with van der Waals surface area (Å²) in [4.78, 5) is 0. The van der Waals surface area contributed by atoms with Crippen molar-refractivity contribution < 1.29 is 0 Å². The monoisotopic (exact) mass is 234 g/mol. The number of anilines is 1. The molecule has 1 aromatic carbocycles. The fourth-order valence-corrected chi connectivity index (χ4v) is 2.59. The highest BCUT2D eigenvalue weighted by atomic mass is 14.7. The molecule has 0 aliphatic carbocycles. The fourth-order valence-electron chi connectivity index (χ4n) is 2.59. The first kappa shape index (κ1) is 14.0. The molecule has 96 valence electrons. The molecule has 0 bridgehead atoms. The van der Waals surface area contributed by atoms with Crippen LogP contribution in [0.5, 0.6) is 0 Å². The Kier molecular flexibility index (Phi) is 4.58. The molecule has 0 aliphatic rings. The van der Waals surface area contributed by atoms with E-state index in [1.807, 2.05) is 12.1 Å². The number of nitrogens with two attached hydrogens (primary N) is 2. The highest BCUT2D eigenvalue weighted by Crippen LogP contribution is 2.32. The Morgan fingerprint density at radius 2 is 1.35 bits per heavy atom. The first-order valence-corrected chi connectivity index (χ1v) is 6.48. The summed E-state index contributed by atoms with van der Waals surface area (Å²) in [6.45, 7) is 8.89. The van der Waals surface area contributed by atoms with Crippen LogP contribution in [0.25, 0.3) is 0 Å². The van der Waals surface area contributed by atoms with Crippen LogP contribution in [0.4, 0.5) is 5.69 Å². The number of hydrogen-bond donors (Lipinski definition) is 2. The van der Waals surface area contributed by atoms with Gasteiger partial charge in [-0.05, 0) is 42.4 Å². The zero-order valence-corrected chi connectivity index (χ0v) is 11.5. The molecule has 1 aromatic rings. The summed E-state index contributed by atoms with van der Waals surface area (Å²) >= 11 is 0. The van der Waals surface area contributed by atoms with E-state index in [1.165, 1.54) is 5.56 Å². The number of benzene rings is 1. The number of hydrogen-bond acceptors (Lipinski definition) is 2. The van der Waals surface area contributed by atoms with Crippen molar-refractivity contribution in [2.75, 3.05) is 5.73 Å². The Bertz CT molecular complexity index is 328. The van der Waals surface area contributed by atoms with Gasteiger partial charge in [-0.15, -0.1) is 0 Å². The second-order valence-electron chi connectivity index (χ2n) is 5.97. The molecular formula is C15H26N2. The third-order valence-electron chi connectivity index (χ3n) is 3.03. The second kappa shape index (κ2) is 5.54. The molecule has 2 nitrogen and oxygen atoms in total. The summed E-state index contributed by atoms with van der Waals surface area (Å²) in [7, 11) is 0. The van der Waals surface area contributed by atoms with Gasteiger partial charge in [0, 0.05) is 11.2 Å². The molecule has 0 spiro atoms. The van der Waals surface area contributed by atoms with E-state index in [0.29, 0.717) is 11.8 Å². The van der Waals surface area contributed by atoms with Crippen LogP contribution in [0.2, 0.25) is 0 Å². The third kappa shape index (κ3) is 4.04. The van der Waals surface area contributed by atoms with Gasteiger partial charge in [0.1, 0.15) is 0 Å². The van der Waals surface area contributed by atoms with Gasteiger partial charge < -0.3 is 11.5 Å². The van der Waals surface area contributed by atoms with Crippen molar-refractivity contribution in [1.82, 2.24) is 0 Å². The van der Waals surface area contributed by atoms with E-state index < -0.39 is 0 Å². The molecule has 0 fully saturated rings. The normalized spacial score (nSPS) is 12.4. The predicted molar refractivity (Wildman–Crippen MR) is 75.6 cm³/mol. The molecule has 4 N–H and O–H groups in total. The Morgan fingerprint density at radius 3 is 1.71 bits per heavy atom. The molecule has 0 heterocycles. The van der Waals surface area contributed by atoms with Crippen molar-refractivity contribution in [3.8, 4) is 0 Å². The largest absolute Gasteiger partial charge is 0.399 e. The van der Waals surface area contributed by atoms with Gasteiger partial charge >= 0.3 is 0 Å². The van der Waals surface area contributed by atoms with Gasteiger partial charge in [-0.3, -0.25) is 0 Å². The van der Waals surface area contributed by atoms with E-state index >= 15 is 0 Å². The van der Waals surface area contributed by atoms with Crippen LogP contribution in [0.15, 0.2) is 24.3 Å². The van der Waals surface area contributed by atoms with Gasteiger partial charge in [0.15, 0.2) is 0 Å². The van der Waals surface area contributed by atoms with Crippen LogP contribution in [-0.2, 0) is 5.54 Å². The van der Waals surface area contributed by atoms with Crippen LogP contribution < -0.4 is 11.5 Å². The van der Waals surface area contributed by atoms with E-state index in [9.17, 15) is 0 Å². The van der Waals surface area contributed by atoms with E-state index in [-0.39, 0.29) is 5.54 Å². The van der Waals surface area contributed by atoms with E-state index in [2.05, 4.69) is 39.8 Å². The van der Waals surface area contributed by atoms with Gasteiger partial charge in [-0.2, -0.15) is 0 Å². The second-order valence-corrected chi connectivity index (χ2v) is 5.97. The third-order valence-corrected chi connectivity index (χ3v) is 3.03. The van der Waals surface area contributed by atoms with Crippen LogP contribution in [0.1, 0.15) is 46.1 Å². The number of nitrogen functional groups attached to an aromatic ring is 1. The fraction of sp³-hybridized carbons (Fsp3) is 0.600. The van der Waals surface area contributed by atoms with Crippen LogP contribution in [0.3, 0.4) is 0 Å². The highest BCUT2D eigenvalue weighted by molar-refractivity contribution is 5.41. The van der Waals surface area contributed by atoms with E-state index in [4.69, 9.17) is 11.5 Å². The molecule has 0 radical (unpaired) electrons. The average molecular weight is 234 g/mol. The minimum absolute atomic E-state index is 0.226. The summed E-state index contributed by atoms with van der Waals surface area (Å²) in [5.74, 6) is 1.19. The number of rotatable bonds is 5. The highest BCUT2D eigenvalue weighted by Gasteiger charge is 2.29. The first-order chi connectivity index (χ1) is 7.83. The molecule has 0 aromatic heterocycles. The molecule has 0 saturated heterocycles. The summed E-state index contributed by atoms with van der Waals surface area (Å²) in [6.07, 6.45) is 2.02. The van der Waals surface area contributed by atoms with Crippen LogP contribution in [0, 0.1) is 11.8 Å². The maximum atomic E-state index is 6.63. The summed E-state index contributed by atoms with van der Waals surface area (Å²) < 4.78 is 0. The van der Waals surface area contributed by atoms with Crippen LogP contribution in [-0.4, -0.2) is 0 Å². The van der Waals surface area contributed by atoms with E-state index in [0.717, 1.165) is 18.5 Å². The maximum Gasteiger partial charge on any atom is 0.0414 e. The van der Waals surface area contributed by atoms with Gasteiger partial charge in [0.2, 0.25) is 0 Å². The average Bonchev–Trinajstić information content (AvgIpc) is 2.15. The molecule has 0 atom stereocenters.